The Morgan fingerprint density at radius 1 is 1.40 bits per heavy atom. The van der Waals surface area contributed by atoms with Gasteiger partial charge < -0.3 is 0 Å². The standard InChI is InChI=1S/C10H12/c1-2-8-6-9-4-3-5-10(9)7-8/h4,6-7H,2-3,5H2,1H3. The van der Waals surface area contributed by atoms with Crippen molar-refractivity contribution in [3.63, 3.8) is 0 Å². The molecular weight excluding hydrogens is 120 g/mol. The number of fused-ring (bicyclic) bond motifs is 1. The first-order chi connectivity index (χ1) is 4.90. The zero-order valence-corrected chi connectivity index (χ0v) is 6.35. The second-order valence-electron chi connectivity index (χ2n) is 2.94. The molecule has 0 aromatic carbocycles. The molecule has 10 heavy (non-hydrogen) atoms. The highest BCUT2D eigenvalue weighted by Gasteiger charge is 2.14. The van der Waals surface area contributed by atoms with Crippen molar-refractivity contribution < 1.29 is 0 Å². The summed E-state index contributed by atoms with van der Waals surface area (Å²) in [5.74, 6) is 0. The molecule has 0 unspecified atom stereocenters. The molecule has 2 aliphatic carbocycles. The first-order valence-electron chi connectivity index (χ1n) is 4.02. The lowest BCUT2D eigenvalue weighted by molar-refractivity contribution is 1.06. The summed E-state index contributed by atoms with van der Waals surface area (Å²) < 4.78 is 0. The fourth-order valence-corrected chi connectivity index (χ4v) is 1.64. The van der Waals surface area contributed by atoms with Gasteiger partial charge >= 0.3 is 0 Å². The van der Waals surface area contributed by atoms with E-state index in [1.165, 1.54) is 30.4 Å². The monoisotopic (exact) mass is 132 g/mol. The fourth-order valence-electron chi connectivity index (χ4n) is 1.64. The van der Waals surface area contributed by atoms with Gasteiger partial charge in [0.25, 0.3) is 0 Å². The summed E-state index contributed by atoms with van der Waals surface area (Å²) in [4.78, 5) is 0. The Morgan fingerprint density at radius 2 is 2.30 bits per heavy atom. The smallest absolute Gasteiger partial charge is 0.0238 e. The van der Waals surface area contributed by atoms with Crippen molar-refractivity contribution >= 4 is 0 Å². The van der Waals surface area contributed by atoms with Crippen LogP contribution >= 0.6 is 0 Å². The average molecular weight is 132 g/mol. The molecule has 0 aromatic rings. The van der Waals surface area contributed by atoms with Crippen LogP contribution < -0.4 is 0 Å². The van der Waals surface area contributed by atoms with Crippen molar-refractivity contribution in [2.24, 2.45) is 0 Å². The molecule has 0 spiro atoms. The Hall–Kier alpha value is -0.780. The number of rotatable bonds is 1. The van der Waals surface area contributed by atoms with Gasteiger partial charge in [-0.05, 0) is 36.0 Å². The predicted molar refractivity (Wildman–Crippen MR) is 43.8 cm³/mol. The van der Waals surface area contributed by atoms with E-state index in [-0.39, 0.29) is 0 Å². The molecule has 0 radical (unpaired) electrons. The number of hydrogen-bond donors (Lipinski definition) is 0. The van der Waals surface area contributed by atoms with E-state index in [2.05, 4.69) is 25.2 Å². The molecule has 0 heterocycles. The molecule has 2 aliphatic rings. The molecule has 2 rings (SSSR count). The number of allylic oxidation sites excluding steroid dienone is 6. The van der Waals surface area contributed by atoms with Gasteiger partial charge in [0.2, 0.25) is 0 Å². The normalized spacial score (nSPS) is 21.9. The Balaban J connectivity index is 2.33. The first-order valence-corrected chi connectivity index (χ1v) is 4.02. The van der Waals surface area contributed by atoms with Crippen molar-refractivity contribution in [2.75, 3.05) is 0 Å². The van der Waals surface area contributed by atoms with Gasteiger partial charge in [-0.1, -0.05) is 25.2 Å². The van der Waals surface area contributed by atoms with Crippen LogP contribution in [0.25, 0.3) is 0 Å². The zero-order valence-electron chi connectivity index (χ0n) is 6.35. The summed E-state index contributed by atoms with van der Waals surface area (Å²) in [6, 6.07) is 0. The SMILES string of the molecule is CCC1=CC2=CCCC2=C1. The molecule has 0 N–H and O–H groups in total. The molecule has 0 saturated heterocycles. The maximum atomic E-state index is 2.35. The van der Waals surface area contributed by atoms with Gasteiger partial charge in [0.05, 0.1) is 0 Å². The van der Waals surface area contributed by atoms with Crippen LogP contribution in [0.2, 0.25) is 0 Å². The third-order valence-corrected chi connectivity index (χ3v) is 2.26. The Morgan fingerprint density at radius 3 is 3.00 bits per heavy atom. The van der Waals surface area contributed by atoms with Crippen LogP contribution in [0.1, 0.15) is 26.2 Å². The van der Waals surface area contributed by atoms with Crippen molar-refractivity contribution in [1.29, 1.82) is 0 Å². The van der Waals surface area contributed by atoms with Gasteiger partial charge in [-0.3, -0.25) is 0 Å². The average Bonchev–Trinajstić information content (AvgIpc) is 2.42. The summed E-state index contributed by atoms with van der Waals surface area (Å²) in [5, 5.41) is 0. The van der Waals surface area contributed by atoms with Gasteiger partial charge in [0.1, 0.15) is 0 Å². The predicted octanol–water partition coefficient (Wildman–Crippen LogP) is 2.98. The zero-order chi connectivity index (χ0) is 6.97. The van der Waals surface area contributed by atoms with E-state index < -0.39 is 0 Å². The molecular formula is C10H12. The summed E-state index contributed by atoms with van der Waals surface area (Å²) in [6.45, 7) is 2.21. The van der Waals surface area contributed by atoms with Crippen molar-refractivity contribution in [3.05, 3.63) is 34.9 Å². The van der Waals surface area contributed by atoms with E-state index in [0.29, 0.717) is 0 Å². The molecule has 0 saturated carbocycles. The summed E-state index contributed by atoms with van der Waals surface area (Å²) in [7, 11) is 0. The lowest BCUT2D eigenvalue weighted by Gasteiger charge is -1.89. The fraction of sp³-hybridized carbons (Fsp3) is 0.400. The van der Waals surface area contributed by atoms with Crippen LogP contribution in [-0.4, -0.2) is 0 Å². The van der Waals surface area contributed by atoms with E-state index in [1.54, 1.807) is 5.57 Å². The molecule has 0 fully saturated rings. The maximum Gasteiger partial charge on any atom is -0.0238 e. The van der Waals surface area contributed by atoms with Crippen LogP contribution in [-0.2, 0) is 0 Å². The molecule has 0 nitrogen and oxygen atoms in total. The highest BCUT2D eigenvalue weighted by Crippen LogP contribution is 2.33. The Bertz CT molecular complexity index is 239. The minimum absolute atomic E-state index is 1.18. The quantitative estimate of drug-likeness (QED) is 0.514. The Labute approximate surface area is 61.9 Å². The summed E-state index contributed by atoms with van der Waals surface area (Å²) >= 11 is 0. The van der Waals surface area contributed by atoms with Gasteiger partial charge in [-0.15, -0.1) is 0 Å². The first kappa shape index (κ1) is 5.96. The number of hydrogen-bond acceptors (Lipinski definition) is 0. The highest BCUT2D eigenvalue weighted by molar-refractivity contribution is 5.55. The molecule has 0 heteroatoms. The van der Waals surface area contributed by atoms with Crippen LogP contribution in [0.15, 0.2) is 34.9 Å². The third kappa shape index (κ3) is 0.756. The van der Waals surface area contributed by atoms with Crippen LogP contribution in [0.5, 0.6) is 0 Å². The molecule has 52 valence electrons. The van der Waals surface area contributed by atoms with Crippen molar-refractivity contribution in [2.45, 2.75) is 26.2 Å². The maximum absolute atomic E-state index is 2.35. The van der Waals surface area contributed by atoms with Crippen LogP contribution in [0, 0.1) is 0 Å². The minimum Gasteiger partial charge on any atom is -0.0766 e. The Kier molecular flexibility index (Phi) is 1.26. The lowest BCUT2D eigenvalue weighted by atomic mass is 10.2. The van der Waals surface area contributed by atoms with E-state index in [1.807, 2.05) is 0 Å². The minimum atomic E-state index is 1.18. The highest BCUT2D eigenvalue weighted by atomic mass is 14.2. The second kappa shape index (κ2) is 2.12. The van der Waals surface area contributed by atoms with Crippen molar-refractivity contribution in [3.8, 4) is 0 Å². The molecule has 0 atom stereocenters. The molecule has 0 aromatic heterocycles. The van der Waals surface area contributed by atoms with E-state index in [9.17, 15) is 0 Å². The third-order valence-electron chi connectivity index (χ3n) is 2.26. The summed E-state index contributed by atoms with van der Waals surface area (Å²) in [6.07, 6.45) is 10.7. The lowest BCUT2D eigenvalue weighted by Crippen LogP contribution is -1.70. The van der Waals surface area contributed by atoms with Crippen molar-refractivity contribution in [1.82, 2.24) is 0 Å². The van der Waals surface area contributed by atoms with E-state index >= 15 is 0 Å². The van der Waals surface area contributed by atoms with E-state index in [0.717, 1.165) is 0 Å². The van der Waals surface area contributed by atoms with Gasteiger partial charge in [0, 0.05) is 0 Å². The molecule has 0 amide bonds. The molecule has 0 bridgehead atoms. The van der Waals surface area contributed by atoms with Crippen LogP contribution in [0.4, 0.5) is 0 Å². The van der Waals surface area contributed by atoms with Gasteiger partial charge in [-0.25, -0.2) is 0 Å². The van der Waals surface area contributed by atoms with E-state index in [4.69, 9.17) is 0 Å². The second-order valence-corrected chi connectivity index (χ2v) is 2.94. The topological polar surface area (TPSA) is 0 Å². The van der Waals surface area contributed by atoms with Crippen LogP contribution in [0.3, 0.4) is 0 Å². The van der Waals surface area contributed by atoms with Gasteiger partial charge in [-0.2, -0.15) is 0 Å². The molecule has 0 aliphatic heterocycles. The largest absolute Gasteiger partial charge is 0.0766 e. The summed E-state index contributed by atoms with van der Waals surface area (Å²) in [5.41, 5.74) is 4.56. The van der Waals surface area contributed by atoms with Gasteiger partial charge in [0.15, 0.2) is 0 Å².